The van der Waals surface area contributed by atoms with Crippen LogP contribution in [0.2, 0.25) is 0 Å². The molecule has 6 heteroatoms. The summed E-state index contributed by atoms with van der Waals surface area (Å²) in [5.74, 6) is -1.51. The number of hydrogen-bond donors (Lipinski definition) is 0. The molecule has 0 spiro atoms. The molecule has 1 fully saturated rings. The average molecular weight is 284 g/mol. The van der Waals surface area contributed by atoms with Crippen molar-refractivity contribution in [1.29, 1.82) is 0 Å². The number of cyclic esters (lactones) is 1. The fourth-order valence-corrected chi connectivity index (χ4v) is 1.80. The first-order valence-electron chi connectivity index (χ1n) is 6.59. The highest BCUT2D eigenvalue weighted by Crippen LogP contribution is 2.21. The molecule has 1 rings (SSSR count). The second-order valence-electron chi connectivity index (χ2n) is 4.89. The van der Waals surface area contributed by atoms with Gasteiger partial charge in [-0.3, -0.25) is 4.79 Å². The van der Waals surface area contributed by atoms with Crippen molar-refractivity contribution >= 4 is 17.9 Å². The smallest absolute Gasteiger partial charge is 0.344 e. The third-order valence-corrected chi connectivity index (χ3v) is 2.97. The molecule has 1 aliphatic heterocycles. The van der Waals surface area contributed by atoms with E-state index in [0.717, 1.165) is 6.42 Å². The SMILES string of the molecule is C=C(C)C(=O)OCC(=O)OC(C)CCC1CCOC1=O. The van der Waals surface area contributed by atoms with E-state index in [4.69, 9.17) is 9.47 Å². The summed E-state index contributed by atoms with van der Waals surface area (Å²) in [4.78, 5) is 33.8. The highest BCUT2D eigenvalue weighted by molar-refractivity contribution is 5.88. The Labute approximate surface area is 118 Å². The summed E-state index contributed by atoms with van der Waals surface area (Å²) in [6.07, 6.45) is 1.58. The molecule has 1 heterocycles. The lowest BCUT2D eigenvalue weighted by Gasteiger charge is -2.14. The third-order valence-electron chi connectivity index (χ3n) is 2.97. The van der Waals surface area contributed by atoms with Crippen molar-refractivity contribution < 1.29 is 28.6 Å². The molecule has 2 atom stereocenters. The Bertz CT molecular complexity index is 400. The van der Waals surface area contributed by atoms with E-state index >= 15 is 0 Å². The topological polar surface area (TPSA) is 78.9 Å². The van der Waals surface area contributed by atoms with Crippen LogP contribution < -0.4 is 0 Å². The zero-order valence-corrected chi connectivity index (χ0v) is 11.8. The number of carbonyl (C=O) groups excluding carboxylic acids is 3. The molecular weight excluding hydrogens is 264 g/mol. The number of hydrogen-bond acceptors (Lipinski definition) is 6. The maximum Gasteiger partial charge on any atom is 0.344 e. The number of rotatable bonds is 7. The molecule has 2 unspecified atom stereocenters. The van der Waals surface area contributed by atoms with Crippen LogP contribution in [0.25, 0.3) is 0 Å². The predicted molar refractivity (Wildman–Crippen MR) is 69.6 cm³/mol. The lowest BCUT2D eigenvalue weighted by atomic mass is 10.0. The molecule has 0 bridgehead atoms. The minimum atomic E-state index is -0.622. The zero-order valence-electron chi connectivity index (χ0n) is 11.8. The summed E-state index contributed by atoms with van der Waals surface area (Å²) < 4.78 is 14.6. The van der Waals surface area contributed by atoms with Crippen molar-refractivity contribution in [2.75, 3.05) is 13.2 Å². The molecule has 1 saturated heterocycles. The van der Waals surface area contributed by atoms with Crippen molar-refractivity contribution in [3.8, 4) is 0 Å². The Balaban J connectivity index is 2.19. The van der Waals surface area contributed by atoms with Gasteiger partial charge in [0.1, 0.15) is 0 Å². The van der Waals surface area contributed by atoms with E-state index in [1.54, 1.807) is 6.92 Å². The average Bonchev–Trinajstić information content (AvgIpc) is 2.79. The summed E-state index contributed by atoms with van der Waals surface area (Å²) in [5.41, 5.74) is 0.227. The molecule has 0 saturated carbocycles. The van der Waals surface area contributed by atoms with Crippen LogP contribution >= 0.6 is 0 Å². The van der Waals surface area contributed by atoms with Gasteiger partial charge in [0, 0.05) is 5.57 Å². The van der Waals surface area contributed by atoms with E-state index in [-0.39, 0.29) is 23.6 Å². The molecule has 0 aromatic carbocycles. The maximum absolute atomic E-state index is 11.4. The molecule has 0 amide bonds. The maximum atomic E-state index is 11.4. The van der Waals surface area contributed by atoms with Crippen LogP contribution in [0.4, 0.5) is 0 Å². The van der Waals surface area contributed by atoms with Crippen LogP contribution in [0.5, 0.6) is 0 Å². The Hall–Kier alpha value is -1.85. The van der Waals surface area contributed by atoms with Gasteiger partial charge in [0.05, 0.1) is 18.6 Å². The molecule has 1 aliphatic rings. The van der Waals surface area contributed by atoms with E-state index in [1.165, 1.54) is 6.92 Å². The molecule has 0 radical (unpaired) electrons. The second-order valence-corrected chi connectivity index (χ2v) is 4.89. The van der Waals surface area contributed by atoms with Gasteiger partial charge in [-0.25, -0.2) is 9.59 Å². The van der Waals surface area contributed by atoms with Gasteiger partial charge in [-0.2, -0.15) is 0 Å². The van der Waals surface area contributed by atoms with E-state index in [1.807, 2.05) is 0 Å². The lowest BCUT2D eigenvalue weighted by molar-refractivity contribution is -0.160. The zero-order chi connectivity index (χ0) is 15.1. The van der Waals surface area contributed by atoms with Gasteiger partial charge in [0.15, 0.2) is 6.61 Å². The van der Waals surface area contributed by atoms with Crippen molar-refractivity contribution in [1.82, 2.24) is 0 Å². The largest absolute Gasteiger partial charge is 0.465 e. The summed E-state index contributed by atoms with van der Waals surface area (Å²) in [5, 5.41) is 0. The van der Waals surface area contributed by atoms with Gasteiger partial charge < -0.3 is 14.2 Å². The van der Waals surface area contributed by atoms with Gasteiger partial charge in [-0.1, -0.05) is 6.58 Å². The van der Waals surface area contributed by atoms with Gasteiger partial charge in [0.2, 0.25) is 0 Å². The Morgan fingerprint density at radius 1 is 1.50 bits per heavy atom. The van der Waals surface area contributed by atoms with Gasteiger partial charge in [-0.05, 0) is 33.1 Å². The number of carbonyl (C=O) groups is 3. The second kappa shape index (κ2) is 7.67. The van der Waals surface area contributed by atoms with Crippen molar-refractivity contribution in [2.24, 2.45) is 5.92 Å². The molecule has 0 N–H and O–H groups in total. The predicted octanol–water partition coefficient (Wildman–Crippen LogP) is 1.38. The first kappa shape index (κ1) is 16.2. The molecule has 0 aromatic heterocycles. The number of esters is 3. The quantitative estimate of drug-likeness (QED) is 0.399. The van der Waals surface area contributed by atoms with Gasteiger partial charge in [0.25, 0.3) is 0 Å². The van der Waals surface area contributed by atoms with Crippen molar-refractivity contribution in [2.45, 2.75) is 39.2 Å². The van der Waals surface area contributed by atoms with E-state index in [9.17, 15) is 14.4 Å². The van der Waals surface area contributed by atoms with Crippen LogP contribution in [0.15, 0.2) is 12.2 Å². The molecule has 20 heavy (non-hydrogen) atoms. The van der Waals surface area contributed by atoms with Crippen molar-refractivity contribution in [3.05, 3.63) is 12.2 Å². The number of ether oxygens (including phenoxy) is 3. The standard InChI is InChI=1S/C14H20O6/c1-9(2)13(16)19-8-12(15)20-10(3)4-5-11-6-7-18-14(11)17/h10-11H,1,4-8H2,2-3H3. The minimum Gasteiger partial charge on any atom is -0.465 e. The highest BCUT2D eigenvalue weighted by atomic mass is 16.6. The molecule has 112 valence electrons. The monoisotopic (exact) mass is 284 g/mol. The lowest BCUT2D eigenvalue weighted by Crippen LogP contribution is -2.22. The van der Waals surface area contributed by atoms with E-state index in [0.29, 0.717) is 19.4 Å². The first-order valence-corrected chi connectivity index (χ1v) is 6.59. The molecule has 6 nitrogen and oxygen atoms in total. The molecule has 0 aliphatic carbocycles. The molecular formula is C14H20O6. The fourth-order valence-electron chi connectivity index (χ4n) is 1.80. The molecule has 0 aromatic rings. The summed E-state index contributed by atoms with van der Waals surface area (Å²) >= 11 is 0. The van der Waals surface area contributed by atoms with Crippen LogP contribution in [-0.4, -0.2) is 37.2 Å². The summed E-state index contributed by atoms with van der Waals surface area (Å²) in [6.45, 7) is 6.67. The van der Waals surface area contributed by atoms with E-state index in [2.05, 4.69) is 11.3 Å². The third kappa shape index (κ3) is 5.42. The van der Waals surface area contributed by atoms with Crippen LogP contribution in [-0.2, 0) is 28.6 Å². The van der Waals surface area contributed by atoms with Crippen LogP contribution in [0, 0.1) is 5.92 Å². The Morgan fingerprint density at radius 2 is 2.20 bits per heavy atom. The van der Waals surface area contributed by atoms with Gasteiger partial charge >= 0.3 is 17.9 Å². The van der Waals surface area contributed by atoms with Gasteiger partial charge in [-0.15, -0.1) is 0 Å². The van der Waals surface area contributed by atoms with Crippen LogP contribution in [0.1, 0.15) is 33.1 Å². The van der Waals surface area contributed by atoms with Crippen LogP contribution in [0.3, 0.4) is 0 Å². The van der Waals surface area contributed by atoms with E-state index < -0.39 is 18.5 Å². The summed E-state index contributed by atoms with van der Waals surface area (Å²) in [6, 6.07) is 0. The normalized spacial score (nSPS) is 19.1. The van der Waals surface area contributed by atoms with Crippen molar-refractivity contribution in [3.63, 3.8) is 0 Å². The Morgan fingerprint density at radius 3 is 2.75 bits per heavy atom. The Kier molecular flexibility index (Phi) is 6.21. The first-order chi connectivity index (χ1) is 9.40. The fraction of sp³-hybridized carbons (Fsp3) is 0.643. The highest BCUT2D eigenvalue weighted by Gasteiger charge is 2.26. The minimum absolute atomic E-state index is 0.0996. The summed E-state index contributed by atoms with van der Waals surface area (Å²) in [7, 11) is 0.